The van der Waals surface area contributed by atoms with E-state index in [4.69, 9.17) is 5.11 Å². The van der Waals surface area contributed by atoms with Gasteiger partial charge in [-0.25, -0.2) is 14.6 Å². The van der Waals surface area contributed by atoms with Gasteiger partial charge in [-0.3, -0.25) is 5.32 Å². The van der Waals surface area contributed by atoms with Crippen molar-refractivity contribution >= 4 is 28.5 Å². The van der Waals surface area contributed by atoms with Crippen LogP contribution in [0.15, 0.2) is 5.38 Å². The Hall–Kier alpha value is -1.63. The SMILES string of the molecule is CC(C)[C@@H](NC(=O)Nc1nc(C(C)(C)C)cs1)C(=O)O. The molecule has 0 saturated carbocycles. The lowest BCUT2D eigenvalue weighted by molar-refractivity contribution is -0.140. The fourth-order valence-electron chi connectivity index (χ4n) is 1.46. The van der Waals surface area contributed by atoms with E-state index in [1.807, 2.05) is 26.2 Å². The van der Waals surface area contributed by atoms with Crippen LogP contribution in [0.4, 0.5) is 9.93 Å². The van der Waals surface area contributed by atoms with Gasteiger partial charge in [0.2, 0.25) is 0 Å². The van der Waals surface area contributed by atoms with E-state index in [0.717, 1.165) is 5.69 Å². The lowest BCUT2D eigenvalue weighted by Gasteiger charge is -2.17. The van der Waals surface area contributed by atoms with Crippen LogP contribution in [0, 0.1) is 5.92 Å². The zero-order chi connectivity index (χ0) is 15.5. The predicted octanol–water partition coefficient (Wildman–Crippen LogP) is 2.67. The number of aromatic nitrogens is 1. The van der Waals surface area contributed by atoms with Gasteiger partial charge in [-0.05, 0) is 5.92 Å². The minimum Gasteiger partial charge on any atom is -0.480 e. The molecule has 20 heavy (non-hydrogen) atoms. The van der Waals surface area contributed by atoms with Crippen LogP contribution in [0.2, 0.25) is 0 Å². The number of carboxylic acids is 1. The maximum Gasteiger partial charge on any atom is 0.326 e. The van der Waals surface area contributed by atoms with E-state index in [1.54, 1.807) is 13.8 Å². The quantitative estimate of drug-likeness (QED) is 0.797. The van der Waals surface area contributed by atoms with Crippen molar-refractivity contribution < 1.29 is 14.7 Å². The number of carbonyl (C=O) groups excluding carboxylic acids is 1. The number of thiazole rings is 1. The number of carboxylic acid groups (broad SMARTS) is 1. The van der Waals surface area contributed by atoms with Crippen LogP contribution in [-0.2, 0) is 10.2 Å². The number of nitrogens with one attached hydrogen (secondary N) is 2. The summed E-state index contributed by atoms with van der Waals surface area (Å²) in [6.45, 7) is 9.57. The second kappa shape index (κ2) is 6.21. The second-order valence-corrected chi connectivity index (χ2v) is 6.80. The van der Waals surface area contributed by atoms with E-state index in [-0.39, 0.29) is 11.3 Å². The third-order valence-corrected chi connectivity index (χ3v) is 3.47. The molecule has 0 spiro atoms. The van der Waals surface area contributed by atoms with Crippen LogP contribution in [0.5, 0.6) is 0 Å². The van der Waals surface area contributed by atoms with Crippen molar-refractivity contribution in [3.05, 3.63) is 11.1 Å². The Labute approximate surface area is 122 Å². The Kier molecular flexibility index (Phi) is 5.10. The van der Waals surface area contributed by atoms with Gasteiger partial charge < -0.3 is 10.4 Å². The Morgan fingerprint density at radius 3 is 2.35 bits per heavy atom. The number of hydrogen-bond acceptors (Lipinski definition) is 4. The standard InChI is InChI=1S/C13H21N3O3S/c1-7(2)9(10(17)18)15-11(19)16-12-14-8(6-20-12)13(3,4)5/h6-7,9H,1-5H3,(H,17,18)(H2,14,15,16,19)/t9-/m1/s1. The minimum atomic E-state index is -1.05. The molecule has 0 aliphatic rings. The van der Waals surface area contributed by atoms with Crippen molar-refractivity contribution in [1.29, 1.82) is 0 Å². The fraction of sp³-hybridized carbons (Fsp3) is 0.615. The van der Waals surface area contributed by atoms with Gasteiger partial charge in [0, 0.05) is 10.8 Å². The summed E-state index contributed by atoms with van der Waals surface area (Å²) in [6, 6.07) is -1.47. The van der Waals surface area contributed by atoms with Crippen LogP contribution in [0.1, 0.15) is 40.3 Å². The van der Waals surface area contributed by atoms with Crippen molar-refractivity contribution in [3.63, 3.8) is 0 Å². The van der Waals surface area contributed by atoms with Crippen LogP contribution in [0.3, 0.4) is 0 Å². The van der Waals surface area contributed by atoms with Gasteiger partial charge in [0.15, 0.2) is 5.13 Å². The molecule has 1 rings (SSSR count). The van der Waals surface area contributed by atoms with E-state index < -0.39 is 18.0 Å². The summed E-state index contributed by atoms with van der Waals surface area (Å²) < 4.78 is 0. The summed E-state index contributed by atoms with van der Waals surface area (Å²) in [4.78, 5) is 27.1. The van der Waals surface area contributed by atoms with Crippen molar-refractivity contribution in [3.8, 4) is 0 Å². The Balaban J connectivity index is 2.67. The molecule has 112 valence electrons. The first-order chi connectivity index (χ1) is 9.11. The minimum absolute atomic E-state index is 0.0889. The first-order valence-electron chi connectivity index (χ1n) is 6.37. The third-order valence-electron chi connectivity index (χ3n) is 2.71. The number of carbonyl (C=O) groups is 2. The average Bonchev–Trinajstić information content (AvgIpc) is 2.73. The molecule has 1 aromatic heterocycles. The number of amides is 2. The van der Waals surface area contributed by atoms with Gasteiger partial charge in [0.1, 0.15) is 6.04 Å². The Bertz CT molecular complexity index is 491. The molecule has 7 heteroatoms. The molecule has 3 N–H and O–H groups in total. The van der Waals surface area contributed by atoms with E-state index >= 15 is 0 Å². The smallest absolute Gasteiger partial charge is 0.326 e. The van der Waals surface area contributed by atoms with E-state index in [0.29, 0.717) is 5.13 Å². The van der Waals surface area contributed by atoms with Crippen LogP contribution in [-0.4, -0.2) is 28.1 Å². The molecule has 0 aromatic carbocycles. The number of anilines is 1. The number of rotatable bonds is 4. The van der Waals surface area contributed by atoms with E-state index in [1.165, 1.54) is 11.3 Å². The Morgan fingerprint density at radius 2 is 1.95 bits per heavy atom. The number of hydrogen-bond donors (Lipinski definition) is 3. The zero-order valence-corrected chi connectivity index (χ0v) is 13.2. The van der Waals surface area contributed by atoms with Crippen LogP contribution < -0.4 is 10.6 Å². The largest absolute Gasteiger partial charge is 0.480 e. The number of nitrogens with zero attached hydrogens (tertiary/aromatic N) is 1. The molecule has 0 aliphatic heterocycles. The highest BCUT2D eigenvalue weighted by Gasteiger charge is 2.24. The van der Waals surface area contributed by atoms with Gasteiger partial charge in [-0.1, -0.05) is 34.6 Å². The summed E-state index contributed by atoms with van der Waals surface area (Å²) in [5.74, 6) is -1.25. The molecule has 0 saturated heterocycles. The first-order valence-corrected chi connectivity index (χ1v) is 7.25. The predicted molar refractivity (Wildman–Crippen MR) is 79.2 cm³/mol. The molecule has 0 aliphatic carbocycles. The normalized spacial score (nSPS) is 13.1. The van der Waals surface area contributed by atoms with Gasteiger partial charge in [0.05, 0.1) is 5.69 Å². The summed E-state index contributed by atoms with van der Waals surface area (Å²) >= 11 is 1.32. The van der Waals surface area contributed by atoms with E-state index in [2.05, 4.69) is 15.6 Å². The summed E-state index contributed by atoms with van der Waals surface area (Å²) in [7, 11) is 0. The number of aliphatic carboxylic acids is 1. The molecule has 1 heterocycles. The first kappa shape index (κ1) is 16.4. The molecular formula is C13H21N3O3S. The van der Waals surface area contributed by atoms with Gasteiger partial charge in [0.25, 0.3) is 0 Å². The summed E-state index contributed by atoms with van der Waals surface area (Å²) in [5, 5.41) is 16.4. The molecule has 1 aromatic rings. The maximum absolute atomic E-state index is 11.8. The van der Waals surface area contributed by atoms with E-state index in [9.17, 15) is 9.59 Å². The fourth-order valence-corrected chi connectivity index (χ4v) is 2.40. The van der Waals surface area contributed by atoms with Gasteiger partial charge >= 0.3 is 12.0 Å². The second-order valence-electron chi connectivity index (χ2n) is 5.95. The van der Waals surface area contributed by atoms with Crippen molar-refractivity contribution in [2.45, 2.75) is 46.1 Å². The monoisotopic (exact) mass is 299 g/mol. The molecule has 1 atom stereocenters. The van der Waals surface area contributed by atoms with Crippen LogP contribution >= 0.6 is 11.3 Å². The van der Waals surface area contributed by atoms with Crippen LogP contribution in [0.25, 0.3) is 0 Å². The maximum atomic E-state index is 11.8. The highest BCUT2D eigenvalue weighted by atomic mass is 32.1. The number of urea groups is 1. The average molecular weight is 299 g/mol. The lowest BCUT2D eigenvalue weighted by atomic mass is 9.93. The Morgan fingerprint density at radius 1 is 1.35 bits per heavy atom. The molecule has 0 fully saturated rings. The zero-order valence-electron chi connectivity index (χ0n) is 12.4. The van der Waals surface area contributed by atoms with Crippen molar-refractivity contribution in [2.24, 2.45) is 5.92 Å². The highest BCUT2D eigenvalue weighted by molar-refractivity contribution is 7.13. The third kappa shape index (κ3) is 4.48. The van der Waals surface area contributed by atoms with Crippen molar-refractivity contribution in [2.75, 3.05) is 5.32 Å². The topological polar surface area (TPSA) is 91.3 Å². The molecule has 0 bridgehead atoms. The van der Waals surface area contributed by atoms with Gasteiger partial charge in [-0.15, -0.1) is 11.3 Å². The molecule has 0 unspecified atom stereocenters. The molecule has 2 amide bonds. The molecule has 0 radical (unpaired) electrons. The summed E-state index contributed by atoms with van der Waals surface area (Å²) in [5.41, 5.74) is 0.797. The van der Waals surface area contributed by atoms with Crippen molar-refractivity contribution in [1.82, 2.24) is 10.3 Å². The highest BCUT2D eigenvalue weighted by Crippen LogP contribution is 2.26. The molecular weight excluding hydrogens is 278 g/mol. The van der Waals surface area contributed by atoms with Gasteiger partial charge in [-0.2, -0.15) is 0 Å². The lowest BCUT2D eigenvalue weighted by Crippen LogP contribution is -2.46. The molecule has 6 nitrogen and oxygen atoms in total. The summed E-state index contributed by atoms with van der Waals surface area (Å²) in [6.07, 6.45) is 0.